The van der Waals surface area contributed by atoms with Crippen LogP contribution in [0.2, 0.25) is 10.2 Å². The van der Waals surface area contributed by atoms with Gasteiger partial charge >= 0.3 is 5.97 Å². The monoisotopic (exact) mass is 304 g/mol. The summed E-state index contributed by atoms with van der Waals surface area (Å²) in [4.78, 5) is 28.2. The van der Waals surface area contributed by atoms with E-state index >= 15 is 0 Å². The van der Waals surface area contributed by atoms with Crippen molar-refractivity contribution in [2.75, 3.05) is 6.54 Å². The molecule has 1 N–H and O–H groups in total. The predicted octanol–water partition coefficient (Wildman–Crippen LogP) is 2.71. The Bertz CT molecular complexity index is 494. The average molecular weight is 305 g/mol. The zero-order valence-electron chi connectivity index (χ0n) is 10.6. The number of carboxylic acids is 1. The largest absolute Gasteiger partial charge is 0.480 e. The Morgan fingerprint density at radius 1 is 1.42 bits per heavy atom. The maximum atomic E-state index is 12.3. The zero-order valence-corrected chi connectivity index (χ0v) is 12.1. The van der Waals surface area contributed by atoms with E-state index in [9.17, 15) is 9.59 Å². The van der Waals surface area contributed by atoms with Gasteiger partial charge in [-0.1, -0.05) is 30.1 Å². The summed E-state index contributed by atoms with van der Waals surface area (Å²) in [5, 5.41) is 9.15. The fraction of sp³-hybridized carbons (Fsp3) is 0.417. The molecule has 1 heterocycles. The Kier molecular flexibility index (Phi) is 5.57. The minimum absolute atomic E-state index is 0.0317. The van der Waals surface area contributed by atoms with Crippen LogP contribution in [0.25, 0.3) is 0 Å². The molecule has 104 valence electrons. The number of carbonyl (C=O) groups excluding carboxylic acids is 1. The molecule has 0 aliphatic heterocycles. The van der Waals surface area contributed by atoms with E-state index in [2.05, 4.69) is 4.98 Å². The van der Waals surface area contributed by atoms with Crippen molar-refractivity contribution >= 4 is 35.1 Å². The second-order valence-corrected chi connectivity index (χ2v) is 4.84. The van der Waals surface area contributed by atoms with Gasteiger partial charge in [-0.3, -0.25) is 9.59 Å². The molecule has 1 rings (SSSR count). The van der Waals surface area contributed by atoms with E-state index in [1.54, 1.807) is 6.92 Å². The lowest BCUT2D eigenvalue weighted by atomic mass is 10.2. The van der Waals surface area contributed by atoms with Crippen molar-refractivity contribution in [3.05, 3.63) is 28.0 Å². The van der Waals surface area contributed by atoms with Crippen molar-refractivity contribution in [2.45, 2.75) is 26.3 Å². The SMILES string of the molecule is CCC(C)N(CC(=O)O)C(=O)c1nc(Cl)ccc1Cl. The highest BCUT2D eigenvalue weighted by Crippen LogP contribution is 2.20. The molecular weight excluding hydrogens is 291 g/mol. The van der Waals surface area contributed by atoms with Crippen LogP contribution in [0.1, 0.15) is 30.8 Å². The summed E-state index contributed by atoms with van der Waals surface area (Å²) < 4.78 is 0. The highest BCUT2D eigenvalue weighted by molar-refractivity contribution is 6.34. The number of nitrogens with zero attached hydrogens (tertiary/aromatic N) is 2. The van der Waals surface area contributed by atoms with E-state index in [0.29, 0.717) is 6.42 Å². The first kappa shape index (κ1) is 15.7. The van der Waals surface area contributed by atoms with Crippen LogP contribution in [0.4, 0.5) is 0 Å². The van der Waals surface area contributed by atoms with Gasteiger partial charge in [0, 0.05) is 6.04 Å². The molecule has 0 radical (unpaired) electrons. The number of pyridine rings is 1. The molecule has 0 aliphatic rings. The third-order valence-electron chi connectivity index (χ3n) is 2.70. The Morgan fingerprint density at radius 2 is 2.05 bits per heavy atom. The van der Waals surface area contributed by atoms with E-state index in [4.69, 9.17) is 28.3 Å². The van der Waals surface area contributed by atoms with Gasteiger partial charge in [0.05, 0.1) is 5.02 Å². The number of aromatic nitrogens is 1. The summed E-state index contributed by atoms with van der Waals surface area (Å²) in [5.41, 5.74) is -0.0317. The fourth-order valence-electron chi connectivity index (χ4n) is 1.50. The van der Waals surface area contributed by atoms with Crippen molar-refractivity contribution in [1.82, 2.24) is 9.88 Å². The lowest BCUT2D eigenvalue weighted by Crippen LogP contribution is -2.42. The summed E-state index contributed by atoms with van der Waals surface area (Å²) in [6.45, 7) is 3.22. The van der Waals surface area contributed by atoms with Crippen molar-refractivity contribution < 1.29 is 14.7 Å². The summed E-state index contributed by atoms with van der Waals surface area (Å²) in [5.74, 6) is -1.63. The highest BCUT2D eigenvalue weighted by Gasteiger charge is 2.25. The predicted molar refractivity (Wildman–Crippen MR) is 72.7 cm³/mol. The van der Waals surface area contributed by atoms with Crippen LogP contribution in [0.5, 0.6) is 0 Å². The summed E-state index contributed by atoms with van der Waals surface area (Å²) in [7, 11) is 0. The lowest BCUT2D eigenvalue weighted by Gasteiger charge is -2.26. The molecule has 1 unspecified atom stereocenters. The van der Waals surface area contributed by atoms with E-state index < -0.39 is 18.4 Å². The molecule has 0 saturated heterocycles. The lowest BCUT2D eigenvalue weighted by molar-refractivity contribution is -0.138. The Morgan fingerprint density at radius 3 is 2.58 bits per heavy atom. The smallest absolute Gasteiger partial charge is 0.323 e. The third kappa shape index (κ3) is 4.08. The molecule has 1 aromatic rings. The first-order valence-corrected chi connectivity index (χ1v) is 6.47. The molecule has 0 fully saturated rings. The van der Waals surface area contributed by atoms with Gasteiger partial charge in [0.15, 0.2) is 0 Å². The van der Waals surface area contributed by atoms with Gasteiger partial charge in [0.1, 0.15) is 17.4 Å². The highest BCUT2D eigenvalue weighted by atomic mass is 35.5. The van der Waals surface area contributed by atoms with Gasteiger partial charge in [0.2, 0.25) is 0 Å². The van der Waals surface area contributed by atoms with Crippen molar-refractivity contribution in [2.24, 2.45) is 0 Å². The quantitative estimate of drug-likeness (QED) is 0.849. The molecule has 1 aromatic heterocycles. The number of amides is 1. The maximum Gasteiger partial charge on any atom is 0.323 e. The van der Waals surface area contributed by atoms with Gasteiger partial charge in [-0.05, 0) is 25.5 Å². The Hall–Kier alpha value is -1.33. The van der Waals surface area contributed by atoms with E-state index in [1.165, 1.54) is 17.0 Å². The molecule has 0 bridgehead atoms. The number of hydrogen-bond donors (Lipinski definition) is 1. The van der Waals surface area contributed by atoms with E-state index in [0.717, 1.165) is 0 Å². The summed E-state index contributed by atoms with van der Waals surface area (Å²) in [6.07, 6.45) is 0.622. The molecule has 0 spiro atoms. The number of hydrogen-bond acceptors (Lipinski definition) is 3. The Labute approximate surface area is 121 Å². The van der Waals surface area contributed by atoms with Crippen LogP contribution in [0.3, 0.4) is 0 Å². The van der Waals surface area contributed by atoms with Gasteiger partial charge in [-0.15, -0.1) is 0 Å². The van der Waals surface area contributed by atoms with Crippen molar-refractivity contribution in [3.8, 4) is 0 Å². The van der Waals surface area contributed by atoms with Crippen LogP contribution < -0.4 is 0 Å². The fourth-order valence-corrected chi connectivity index (χ4v) is 1.83. The number of aliphatic carboxylic acids is 1. The average Bonchev–Trinajstić information content (AvgIpc) is 2.37. The van der Waals surface area contributed by atoms with Crippen LogP contribution in [0.15, 0.2) is 12.1 Å². The van der Waals surface area contributed by atoms with Gasteiger partial charge in [0.25, 0.3) is 5.91 Å². The van der Waals surface area contributed by atoms with E-state index in [1.807, 2.05) is 6.92 Å². The first-order valence-electron chi connectivity index (χ1n) is 5.71. The van der Waals surface area contributed by atoms with Crippen LogP contribution in [-0.2, 0) is 4.79 Å². The third-order valence-corrected chi connectivity index (χ3v) is 3.22. The maximum absolute atomic E-state index is 12.3. The first-order chi connectivity index (χ1) is 8.86. The van der Waals surface area contributed by atoms with Crippen LogP contribution in [-0.4, -0.2) is 39.5 Å². The second-order valence-electron chi connectivity index (χ2n) is 4.05. The minimum atomic E-state index is -1.09. The summed E-state index contributed by atoms with van der Waals surface area (Å²) >= 11 is 11.6. The van der Waals surface area contributed by atoms with Crippen molar-refractivity contribution in [3.63, 3.8) is 0 Å². The van der Waals surface area contributed by atoms with Crippen LogP contribution >= 0.6 is 23.2 Å². The standard InChI is InChI=1S/C12H14Cl2N2O3/c1-3-7(2)16(6-10(17)18)12(19)11-8(13)4-5-9(14)15-11/h4-5,7H,3,6H2,1-2H3,(H,17,18). The molecule has 5 nitrogen and oxygen atoms in total. The molecule has 0 aromatic carbocycles. The number of rotatable bonds is 5. The van der Waals surface area contributed by atoms with Gasteiger partial charge in [-0.2, -0.15) is 0 Å². The molecular formula is C12H14Cl2N2O3. The minimum Gasteiger partial charge on any atom is -0.480 e. The number of carboxylic acid groups (broad SMARTS) is 1. The topological polar surface area (TPSA) is 70.5 Å². The normalized spacial score (nSPS) is 12.0. The molecule has 19 heavy (non-hydrogen) atoms. The molecule has 0 aliphatic carbocycles. The molecule has 0 saturated carbocycles. The second kappa shape index (κ2) is 6.73. The number of carbonyl (C=O) groups is 2. The van der Waals surface area contributed by atoms with Gasteiger partial charge < -0.3 is 10.0 Å². The van der Waals surface area contributed by atoms with Crippen molar-refractivity contribution in [1.29, 1.82) is 0 Å². The zero-order chi connectivity index (χ0) is 14.6. The molecule has 1 atom stereocenters. The summed E-state index contributed by atoms with van der Waals surface area (Å²) in [6, 6.07) is 2.69. The molecule has 1 amide bonds. The molecule has 7 heteroatoms. The van der Waals surface area contributed by atoms with E-state index in [-0.39, 0.29) is 21.9 Å². The van der Waals surface area contributed by atoms with Crippen LogP contribution in [0, 0.1) is 0 Å². The Balaban J connectivity index is 3.11. The van der Waals surface area contributed by atoms with Gasteiger partial charge in [-0.25, -0.2) is 4.98 Å². The number of halogens is 2.